The summed E-state index contributed by atoms with van der Waals surface area (Å²) in [4.78, 5) is 35.1. The molecule has 0 amide bonds. The van der Waals surface area contributed by atoms with Gasteiger partial charge in [0, 0.05) is 16.7 Å². The van der Waals surface area contributed by atoms with E-state index in [1.807, 2.05) is 0 Å². The zero-order valence-electron chi connectivity index (χ0n) is 20.3. The SMILES string of the molecule is C=C(C)C(=O)OCCOC(=O)c1ccc(-c2ccc(-c3ccc(OC(=O)C(=C)C)c(F)c3)c(F)c2)cc1. The van der Waals surface area contributed by atoms with Crippen molar-refractivity contribution in [2.75, 3.05) is 13.2 Å². The van der Waals surface area contributed by atoms with Gasteiger partial charge in [0.2, 0.25) is 0 Å². The van der Waals surface area contributed by atoms with Gasteiger partial charge in [0.25, 0.3) is 0 Å². The fraction of sp³-hybridized carbons (Fsp3) is 0.138. The van der Waals surface area contributed by atoms with Crippen LogP contribution in [0.3, 0.4) is 0 Å². The number of rotatable bonds is 9. The van der Waals surface area contributed by atoms with Crippen molar-refractivity contribution in [3.05, 3.63) is 102 Å². The Balaban J connectivity index is 1.67. The van der Waals surface area contributed by atoms with Gasteiger partial charge in [-0.3, -0.25) is 0 Å². The minimum absolute atomic E-state index is 0.0899. The van der Waals surface area contributed by atoms with Gasteiger partial charge in [-0.1, -0.05) is 43.5 Å². The Bertz CT molecular complexity index is 1380. The standard InChI is InChI=1S/C29H24F2O6/c1-17(2)27(32)35-13-14-36-29(34)20-7-5-19(6-8-20)21-9-11-23(24(30)15-21)22-10-12-26(25(31)16-22)37-28(33)18(3)4/h5-12,15-16H,1,3,13-14H2,2,4H3. The van der Waals surface area contributed by atoms with Gasteiger partial charge in [0.05, 0.1) is 5.56 Å². The summed E-state index contributed by atoms with van der Waals surface area (Å²) in [5.74, 6) is -3.60. The zero-order valence-corrected chi connectivity index (χ0v) is 20.3. The predicted octanol–water partition coefficient (Wildman–Crippen LogP) is 6.06. The molecule has 0 radical (unpaired) electrons. The van der Waals surface area contributed by atoms with E-state index in [1.165, 1.54) is 50.2 Å². The Labute approximate surface area is 212 Å². The first-order valence-corrected chi connectivity index (χ1v) is 11.1. The molecule has 3 aromatic carbocycles. The average Bonchev–Trinajstić information content (AvgIpc) is 2.87. The van der Waals surface area contributed by atoms with Crippen molar-refractivity contribution in [2.24, 2.45) is 0 Å². The van der Waals surface area contributed by atoms with Crippen molar-refractivity contribution in [2.45, 2.75) is 13.8 Å². The van der Waals surface area contributed by atoms with Gasteiger partial charge in [-0.15, -0.1) is 0 Å². The van der Waals surface area contributed by atoms with E-state index in [0.29, 0.717) is 11.1 Å². The van der Waals surface area contributed by atoms with Crippen LogP contribution in [-0.4, -0.2) is 31.1 Å². The molecule has 0 aromatic heterocycles. The number of hydrogen-bond donors (Lipinski definition) is 0. The molecule has 0 bridgehead atoms. The van der Waals surface area contributed by atoms with Crippen molar-refractivity contribution in [1.29, 1.82) is 0 Å². The average molecular weight is 507 g/mol. The summed E-state index contributed by atoms with van der Waals surface area (Å²) < 4.78 is 44.2. The molecule has 37 heavy (non-hydrogen) atoms. The number of hydrogen-bond acceptors (Lipinski definition) is 6. The highest BCUT2D eigenvalue weighted by Crippen LogP contribution is 2.31. The minimum Gasteiger partial charge on any atom is -0.459 e. The van der Waals surface area contributed by atoms with Crippen molar-refractivity contribution in [3.63, 3.8) is 0 Å². The van der Waals surface area contributed by atoms with Crippen molar-refractivity contribution in [3.8, 4) is 28.0 Å². The fourth-order valence-corrected chi connectivity index (χ4v) is 3.14. The van der Waals surface area contributed by atoms with E-state index in [2.05, 4.69) is 13.2 Å². The third-order valence-corrected chi connectivity index (χ3v) is 5.12. The van der Waals surface area contributed by atoms with Gasteiger partial charge in [-0.25, -0.2) is 23.2 Å². The highest BCUT2D eigenvalue weighted by Gasteiger charge is 2.14. The van der Waals surface area contributed by atoms with Crippen LogP contribution in [0, 0.1) is 11.6 Å². The Kier molecular flexibility index (Phi) is 8.68. The molecule has 0 saturated carbocycles. The second-order valence-corrected chi connectivity index (χ2v) is 8.14. The van der Waals surface area contributed by atoms with E-state index in [1.54, 1.807) is 18.2 Å². The van der Waals surface area contributed by atoms with Crippen LogP contribution in [-0.2, 0) is 19.1 Å². The first kappa shape index (κ1) is 27.0. The molecule has 0 aliphatic rings. The smallest absolute Gasteiger partial charge is 0.338 e. The molecule has 190 valence electrons. The predicted molar refractivity (Wildman–Crippen MR) is 134 cm³/mol. The van der Waals surface area contributed by atoms with Crippen LogP contribution < -0.4 is 4.74 Å². The summed E-state index contributed by atoms with van der Waals surface area (Å²) in [6, 6.07) is 14.6. The maximum absolute atomic E-state index is 14.9. The number of ether oxygens (including phenoxy) is 3. The van der Waals surface area contributed by atoms with E-state index < -0.39 is 29.5 Å². The van der Waals surface area contributed by atoms with Crippen LogP contribution in [0.15, 0.2) is 85.0 Å². The van der Waals surface area contributed by atoms with Crippen LogP contribution in [0.25, 0.3) is 22.3 Å². The molecule has 0 saturated heterocycles. The highest BCUT2D eigenvalue weighted by molar-refractivity contribution is 5.90. The van der Waals surface area contributed by atoms with Crippen LogP contribution in [0.4, 0.5) is 8.78 Å². The van der Waals surface area contributed by atoms with Crippen molar-refractivity contribution < 1.29 is 37.4 Å². The summed E-state index contributed by atoms with van der Waals surface area (Å²) in [6.45, 7) is 9.66. The van der Waals surface area contributed by atoms with Gasteiger partial charge >= 0.3 is 17.9 Å². The first-order chi connectivity index (χ1) is 17.6. The molecular formula is C29H24F2O6. The van der Waals surface area contributed by atoms with Crippen LogP contribution in [0.5, 0.6) is 5.75 Å². The fourth-order valence-electron chi connectivity index (χ4n) is 3.14. The molecule has 3 aromatic rings. The number of carbonyl (C=O) groups excluding carboxylic acids is 3. The third kappa shape index (κ3) is 6.98. The minimum atomic E-state index is -0.813. The summed E-state index contributed by atoms with van der Waals surface area (Å²) in [5.41, 5.74) is 2.26. The lowest BCUT2D eigenvalue weighted by Gasteiger charge is -2.10. The molecular weight excluding hydrogens is 482 g/mol. The highest BCUT2D eigenvalue weighted by atomic mass is 19.1. The zero-order chi connectivity index (χ0) is 27.1. The number of carbonyl (C=O) groups is 3. The van der Waals surface area contributed by atoms with Gasteiger partial charge in [-0.2, -0.15) is 0 Å². The molecule has 8 heteroatoms. The largest absolute Gasteiger partial charge is 0.459 e. The second kappa shape index (κ2) is 11.9. The third-order valence-electron chi connectivity index (χ3n) is 5.12. The molecule has 0 spiro atoms. The van der Waals surface area contributed by atoms with Gasteiger partial charge in [0.15, 0.2) is 11.6 Å². The summed E-state index contributed by atoms with van der Waals surface area (Å²) in [5, 5.41) is 0. The van der Waals surface area contributed by atoms with Crippen LogP contribution in [0.2, 0.25) is 0 Å². The summed E-state index contributed by atoms with van der Waals surface area (Å²) in [7, 11) is 0. The Morgan fingerprint density at radius 3 is 1.86 bits per heavy atom. The second-order valence-electron chi connectivity index (χ2n) is 8.14. The monoisotopic (exact) mass is 506 g/mol. The molecule has 0 heterocycles. The molecule has 0 atom stereocenters. The van der Waals surface area contributed by atoms with Crippen molar-refractivity contribution in [1.82, 2.24) is 0 Å². The first-order valence-electron chi connectivity index (χ1n) is 11.1. The summed E-state index contributed by atoms with van der Waals surface area (Å²) in [6.07, 6.45) is 0. The maximum atomic E-state index is 14.9. The maximum Gasteiger partial charge on any atom is 0.338 e. The van der Waals surface area contributed by atoms with E-state index >= 15 is 0 Å². The molecule has 0 unspecified atom stereocenters. The van der Waals surface area contributed by atoms with E-state index in [0.717, 1.165) is 6.07 Å². The quantitative estimate of drug-likeness (QED) is 0.152. The van der Waals surface area contributed by atoms with E-state index in [4.69, 9.17) is 14.2 Å². The molecule has 6 nitrogen and oxygen atoms in total. The van der Waals surface area contributed by atoms with Gasteiger partial charge < -0.3 is 14.2 Å². The molecule has 3 rings (SSSR count). The lowest BCUT2D eigenvalue weighted by Crippen LogP contribution is -2.14. The molecule has 0 aliphatic heterocycles. The lowest BCUT2D eigenvalue weighted by molar-refractivity contribution is -0.140. The van der Waals surface area contributed by atoms with E-state index in [-0.39, 0.29) is 46.8 Å². The molecule has 0 fully saturated rings. The molecule has 0 aliphatic carbocycles. The Hall–Kier alpha value is -4.59. The van der Waals surface area contributed by atoms with Crippen molar-refractivity contribution >= 4 is 17.9 Å². The van der Waals surface area contributed by atoms with Gasteiger partial charge in [-0.05, 0) is 60.9 Å². The summed E-state index contributed by atoms with van der Waals surface area (Å²) >= 11 is 0. The number of benzene rings is 3. The Morgan fingerprint density at radius 2 is 1.27 bits per heavy atom. The number of esters is 3. The number of halogens is 2. The van der Waals surface area contributed by atoms with Gasteiger partial charge in [0.1, 0.15) is 19.0 Å². The van der Waals surface area contributed by atoms with Crippen LogP contribution >= 0.6 is 0 Å². The topological polar surface area (TPSA) is 78.9 Å². The lowest BCUT2D eigenvalue weighted by atomic mass is 9.99. The van der Waals surface area contributed by atoms with E-state index in [9.17, 15) is 23.2 Å². The molecule has 0 N–H and O–H groups in total. The Morgan fingerprint density at radius 1 is 0.703 bits per heavy atom. The van der Waals surface area contributed by atoms with Crippen LogP contribution in [0.1, 0.15) is 24.2 Å². The normalized spacial score (nSPS) is 10.4.